The molecular formula is C10H12MgO. The monoisotopic (exact) mass is 172 g/mol. The number of carbonyl (C=O) groups excluding carboxylic acids is 1. The molecule has 0 N–H and O–H groups in total. The number of rotatable bonds is 2. The Bertz CT molecular complexity index is 136. The molecule has 0 atom stereocenters. The molecule has 1 aromatic rings. The SMILES string of the molecule is [CH2-]CCC=O.[Mg+2].[c-]1ccccc1. The molecule has 0 radical (unpaired) electrons. The van der Waals surface area contributed by atoms with Gasteiger partial charge >= 0.3 is 23.1 Å². The van der Waals surface area contributed by atoms with Gasteiger partial charge in [-0.05, 0) is 6.42 Å². The molecule has 2 heteroatoms. The van der Waals surface area contributed by atoms with Crippen LogP contribution in [0.5, 0.6) is 0 Å². The number of benzene rings is 1. The molecule has 0 saturated carbocycles. The predicted molar refractivity (Wildman–Crippen MR) is 51.7 cm³/mol. The first-order valence-corrected chi connectivity index (χ1v) is 3.55. The van der Waals surface area contributed by atoms with Crippen LogP contribution in [-0.4, -0.2) is 29.3 Å². The van der Waals surface area contributed by atoms with Crippen LogP contribution in [-0.2, 0) is 4.79 Å². The molecule has 0 amide bonds. The van der Waals surface area contributed by atoms with Crippen LogP contribution in [0.25, 0.3) is 0 Å². The van der Waals surface area contributed by atoms with Crippen LogP contribution < -0.4 is 0 Å². The molecule has 0 bridgehead atoms. The van der Waals surface area contributed by atoms with Gasteiger partial charge in [-0.25, -0.2) is 0 Å². The zero-order valence-corrected chi connectivity index (χ0v) is 8.61. The first-order valence-electron chi connectivity index (χ1n) is 3.55. The summed E-state index contributed by atoms with van der Waals surface area (Å²) in [6, 6.07) is 12.5. The van der Waals surface area contributed by atoms with Crippen molar-refractivity contribution >= 4 is 29.3 Å². The van der Waals surface area contributed by atoms with Crippen LogP contribution in [0.4, 0.5) is 0 Å². The molecule has 0 heterocycles. The van der Waals surface area contributed by atoms with Gasteiger partial charge in [-0.15, -0.1) is 0 Å². The summed E-state index contributed by atoms with van der Waals surface area (Å²) in [5.41, 5.74) is 0. The standard InChI is InChI=1S/C6H5.C4H7O.Mg/c1-2-4-6-5-3-1;1-2-3-4-5;/h1-5H;4H,1-3H2;/q2*-1;+2. The van der Waals surface area contributed by atoms with Crippen molar-refractivity contribution in [2.75, 3.05) is 0 Å². The molecular weight excluding hydrogens is 160 g/mol. The van der Waals surface area contributed by atoms with Gasteiger partial charge in [0, 0.05) is 0 Å². The third kappa shape index (κ3) is 12.3. The van der Waals surface area contributed by atoms with Gasteiger partial charge in [-0.3, -0.25) is 0 Å². The Hall–Kier alpha value is -0.344. The van der Waals surface area contributed by atoms with Crippen molar-refractivity contribution in [2.24, 2.45) is 0 Å². The molecule has 0 spiro atoms. The summed E-state index contributed by atoms with van der Waals surface area (Å²) in [5.74, 6) is 0. The smallest absolute Gasteiger partial charge is 0.343 e. The fraction of sp³-hybridized carbons (Fsp3) is 0.200. The third-order valence-electron chi connectivity index (χ3n) is 0.929. The van der Waals surface area contributed by atoms with Crippen molar-refractivity contribution in [1.82, 2.24) is 0 Å². The first-order chi connectivity index (χ1) is 5.41. The summed E-state index contributed by atoms with van der Waals surface area (Å²) >= 11 is 0. The second kappa shape index (κ2) is 13.3. The van der Waals surface area contributed by atoms with Crippen molar-refractivity contribution in [1.29, 1.82) is 0 Å². The van der Waals surface area contributed by atoms with Gasteiger partial charge in [0.1, 0.15) is 6.29 Å². The molecule has 0 aromatic heterocycles. The summed E-state index contributed by atoms with van der Waals surface area (Å²) in [4.78, 5) is 9.36. The number of carbonyl (C=O) groups is 1. The average molecular weight is 173 g/mol. The number of unbranched alkanes of at least 4 members (excludes halogenated alkanes) is 1. The van der Waals surface area contributed by atoms with E-state index in [9.17, 15) is 4.79 Å². The van der Waals surface area contributed by atoms with E-state index in [2.05, 4.69) is 13.0 Å². The molecule has 0 aliphatic rings. The molecule has 12 heavy (non-hydrogen) atoms. The first kappa shape index (κ1) is 14.2. The van der Waals surface area contributed by atoms with Crippen LogP contribution in [0.2, 0.25) is 0 Å². The van der Waals surface area contributed by atoms with E-state index in [1.54, 1.807) is 0 Å². The molecule has 0 saturated heterocycles. The average Bonchev–Trinajstić information content (AvgIpc) is 2.10. The fourth-order valence-corrected chi connectivity index (χ4v) is 0.425. The second-order valence-corrected chi connectivity index (χ2v) is 1.89. The van der Waals surface area contributed by atoms with Crippen LogP contribution in [0.15, 0.2) is 30.3 Å². The Balaban J connectivity index is 0. The third-order valence-corrected chi connectivity index (χ3v) is 0.929. The van der Waals surface area contributed by atoms with Gasteiger partial charge < -0.3 is 11.7 Å². The molecule has 1 aromatic carbocycles. The molecule has 1 nitrogen and oxygen atoms in total. The Morgan fingerprint density at radius 3 is 1.92 bits per heavy atom. The molecule has 0 fully saturated rings. The molecule has 0 unspecified atom stereocenters. The number of aldehydes is 1. The van der Waals surface area contributed by atoms with Gasteiger partial charge in [0.15, 0.2) is 0 Å². The van der Waals surface area contributed by atoms with Gasteiger partial charge in [0.2, 0.25) is 0 Å². The van der Waals surface area contributed by atoms with Crippen molar-refractivity contribution in [3.8, 4) is 0 Å². The van der Waals surface area contributed by atoms with E-state index in [1.165, 1.54) is 0 Å². The maximum Gasteiger partial charge on any atom is 2.00 e. The van der Waals surface area contributed by atoms with Gasteiger partial charge in [0.05, 0.1) is 0 Å². The van der Waals surface area contributed by atoms with Gasteiger partial charge in [-0.2, -0.15) is 42.8 Å². The van der Waals surface area contributed by atoms with E-state index in [-0.39, 0.29) is 23.1 Å². The minimum absolute atomic E-state index is 0. The van der Waals surface area contributed by atoms with Crippen molar-refractivity contribution in [3.05, 3.63) is 43.3 Å². The maximum absolute atomic E-state index is 9.36. The summed E-state index contributed by atoms with van der Waals surface area (Å²) in [5, 5.41) is 0. The van der Waals surface area contributed by atoms with E-state index < -0.39 is 0 Å². The number of hydrogen-bond acceptors (Lipinski definition) is 1. The topological polar surface area (TPSA) is 17.1 Å². The van der Waals surface area contributed by atoms with E-state index in [0.29, 0.717) is 6.42 Å². The Morgan fingerprint density at radius 1 is 1.25 bits per heavy atom. The zero-order valence-electron chi connectivity index (χ0n) is 7.20. The Kier molecular flexibility index (Phi) is 15.7. The maximum atomic E-state index is 9.36. The minimum atomic E-state index is 0. The largest absolute Gasteiger partial charge is 2.00 e. The van der Waals surface area contributed by atoms with Gasteiger partial charge in [0.25, 0.3) is 0 Å². The normalized spacial score (nSPS) is 7.08. The summed E-state index contributed by atoms with van der Waals surface area (Å²) in [7, 11) is 0. The second-order valence-electron chi connectivity index (χ2n) is 1.89. The van der Waals surface area contributed by atoms with Crippen LogP contribution in [0.1, 0.15) is 12.8 Å². The Morgan fingerprint density at radius 2 is 1.83 bits per heavy atom. The van der Waals surface area contributed by atoms with E-state index >= 15 is 0 Å². The molecule has 1 rings (SSSR count). The predicted octanol–water partition coefficient (Wildman–Crippen LogP) is 1.91. The van der Waals surface area contributed by atoms with E-state index in [4.69, 9.17) is 0 Å². The van der Waals surface area contributed by atoms with Crippen molar-refractivity contribution in [3.63, 3.8) is 0 Å². The minimum Gasteiger partial charge on any atom is -0.343 e. The summed E-state index contributed by atoms with van der Waals surface area (Å²) in [6.07, 6.45) is 2.19. The molecule has 0 aliphatic carbocycles. The number of hydrogen-bond donors (Lipinski definition) is 0. The van der Waals surface area contributed by atoms with Gasteiger partial charge in [-0.1, -0.05) is 0 Å². The van der Waals surface area contributed by atoms with Crippen molar-refractivity contribution < 1.29 is 4.79 Å². The van der Waals surface area contributed by atoms with E-state index in [1.807, 2.05) is 30.3 Å². The zero-order chi connectivity index (χ0) is 8.36. The van der Waals surface area contributed by atoms with Crippen LogP contribution in [0, 0.1) is 13.0 Å². The summed E-state index contributed by atoms with van der Waals surface area (Å²) in [6.45, 7) is 3.44. The molecule has 0 aliphatic heterocycles. The Labute approximate surface area is 90.3 Å². The fourth-order valence-electron chi connectivity index (χ4n) is 0.425. The van der Waals surface area contributed by atoms with Crippen molar-refractivity contribution in [2.45, 2.75) is 12.8 Å². The van der Waals surface area contributed by atoms with Crippen LogP contribution >= 0.6 is 0 Å². The van der Waals surface area contributed by atoms with E-state index in [0.717, 1.165) is 12.7 Å². The summed E-state index contributed by atoms with van der Waals surface area (Å²) < 4.78 is 0. The molecule has 60 valence electrons. The quantitative estimate of drug-likeness (QED) is 0.378. The van der Waals surface area contributed by atoms with Crippen LogP contribution in [0.3, 0.4) is 0 Å².